The van der Waals surface area contributed by atoms with Crippen LogP contribution in [0.25, 0.3) is 10.9 Å². The van der Waals surface area contributed by atoms with E-state index in [0.717, 1.165) is 53.6 Å². The number of ether oxygens (including phenoxy) is 1. The van der Waals surface area contributed by atoms with Gasteiger partial charge in [-0.25, -0.2) is 0 Å². The number of fused-ring (bicyclic) bond motifs is 1. The number of methoxy groups -OCH3 is 1. The Bertz CT molecular complexity index is 863. The molecule has 0 unspecified atom stereocenters. The zero-order chi connectivity index (χ0) is 20.7. The van der Waals surface area contributed by atoms with E-state index in [1.165, 1.54) is 4.90 Å². The third-order valence-corrected chi connectivity index (χ3v) is 5.12. The first-order chi connectivity index (χ1) is 13.3. The molecule has 1 aromatic carbocycles. The van der Waals surface area contributed by atoms with E-state index < -0.39 is 0 Å². The molecule has 0 aliphatic carbocycles. The summed E-state index contributed by atoms with van der Waals surface area (Å²) in [5.74, 6) is 0. The van der Waals surface area contributed by atoms with Gasteiger partial charge in [0, 0.05) is 36.7 Å². The number of hydrogen-bond acceptors (Lipinski definition) is 3. The number of aromatic amines is 1. The van der Waals surface area contributed by atoms with Crippen molar-refractivity contribution in [3.63, 3.8) is 0 Å². The number of thiocarbonyl (C=S) groups is 1. The third kappa shape index (κ3) is 6.29. The van der Waals surface area contributed by atoms with Crippen LogP contribution in [-0.2, 0) is 11.3 Å². The molecule has 2 aromatic rings. The van der Waals surface area contributed by atoms with Gasteiger partial charge < -0.3 is 24.8 Å². The van der Waals surface area contributed by atoms with Crippen LogP contribution in [0.1, 0.15) is 23.1 Å². The number of likely N-dealkylation sites (N-methyl/N-ethyl adjacent to an activating group) is 1. The van der Waals surface area contributed by atoms with E-state index in [1.807, 2.05) is 19.1 Å². The summed E-state index contributed by atoms with van der Waals surface area (Å²) in [5, 5.41) is 5.05. The van der Waals surface area contributed by atoms with Crippen molar-refractivity contribution < 1.29 is 9.64 Å². The summed E-state index contributed by atoms with van der Waals surface area (Å²) in [6, 6.07) is 6.16. The zero-order valence-corrected chi connectivity index (χ0v) is 18.5. The van der Waals surface area contributed by atoms with Crippen LogP contribution in [0.5, 0.6) is 0 Å². The lowest BCUT2D eigenvalue weighted by atomic mass is 10.0. The first-order valence-electron chi connectivity index (χ1n) is 9.75. The molecule has 0 aliphatic heterocycles. The highest BCUT2D eigenvalue weighted by atomic mass is 32.1. The molecule has 2 rings (SSSR count). The first-order valence-corrected chi connectivity index (χ1v) is 10.2. The van der Waals surface area contributed by atoms with Crippen molar-refractivity contribution in [3.05, 3.63) is 45.2 Å². The third-order valence-electron chi connectivity index (χ3n) is 4.72. The molecule has 6 nitrogen and oxygen atoms in total. The molecular formula is C21H33N4O2S+. The molecule has 1 heterocycles. The van der Waals surface area contributed by atoms with Crippen LogP contribution in [-0.4, -0.2) is 62.4 Å². The van der Waals surface area contributed by atoms with Crippen LogP contribution in [0.2, 0.25) is 0 Å². The Hall–Kier alpha value is -1.96. The lowest BCUT2D eigenvalue weighted by molar-refractivity contribution is -0.857. The van der Waals surface area contributed by atoms with Crippen molar-refractivity contribution in [1.29, 1.82) is 0 Å². The molecule has 0 amide bonds. The number of quaternary nitrogens is 1. The highest BCUT2D eigenvalue weighted by molar-refractivity contribution is 7.80. The van der Waals surface area contributed by atoms with Gasteiger partial charge in [-0.3, -0.25) is 4.79 Å². The lowest BCUT2D eigenvalue weighted by Gasteiger charge is -2.26. The Labute approximate surface area is 172 Å². The molecule has 154 valence electrons. The number of nitrogens with zero attached hydrogens (tertiary/aromatic N) is 1. The van der Waals surface area contributed by atoms with Gasteiger partial charge in [0.05, 0.1) is 33.7 Å². The lowest BCUT2D eigenvalue weighted by Crippen LogP contribution is -3.06. The Balaban J connectivity index is 2.23. The van der Waals surface area contributed by atoms with Gasteiger partial charge in [-0.05, 0) is 55.7 Å². The van der Waals surface area contributed by atoms with Crippen LogP contribution in [0, 0.1) is 13.8 Å². The maximum absolute atomic E-state index is 12.7. The molecule has 0 aliphatic rings. The summed E-state index contributed by atoms with van der Waals surface area (Å²) in [6.07, 6.45) is 0.887. The summed E-state index contributed by atoms with van der Waals surface area (Å²) in [5.41, 5.74) is 3.87. The molecule has 28 heavy (non-hydrogen) atoms. The number of nitrogens with one attached hydrogen (secondary N) is 3. The number of hydrogen-bond donors (Lipinski definition) is 3. The molecule has 0 spiro atoms. The van der Waals surface area contributed by atoms with Gasteiger partial charge in [-0.15, -0.1) is 0 Å². The molecule has 0 saturated carbocycles. The summed E-state index contributed by atoms with van der Waals surface area (Å²) < 4.78 is 5.09. The standard InChI is InChI=1S/C21H32N4O2S/c1-15-11-16(2)18-13-17(20(26)23-19(18)12-15)14-25(9-8-24(3)4)21(28)22-7-6-10-27-5/h11-13H,6-10,14H2,1-5H3,(H,22,28)(H,23,26)/p+1. The van der Waals surface area contributed by atoms with E-state index >= 15 is 0 Å². The molecular weight excluding hydrogens is 372 g/mol. The van der Waals surface area contributed by atoms with Crippen LogP contribution in [0.15, 0.2) is 23.0 Å². The van der Waals surface area contributed by atoms with Crippen molar-refractivity contribution in [2.45, 2.75) is 26.8 Å². The second kappa shape index (κ2) is 10.5. The molecule has 0 atom stereocenters. The summed E-state index contributed by atoms with van der Waals surface area (Å²) in [4.78, 5) is 19.1. The van der Waals surface area contributed by atoms with E-state index in [0.29, 0.717) is 18.3 Å². The molecule has 0 saturated heterocycles. The fourth-order valence-corrected chi connectivity index (χ4v) is 3.43. The summed E-state index contributed by atoms with van der Waals surface area (Å²) in [7, 11) is 5.92. The van der Waals surface area contributed by atoms with E-state index in [-0.39, 0.29) is 5.56 Å². The summed E-state index contributed by atoms with van der Waals surface area (Å²) in [6.45, 7) is 7.77. The van der Waals surface area contributed by atoms with E-state index in [4.69, 9.17) is 17.0 Å². The second-order valence-electron chi connectivity index (χ2n) is 7.62. The van der Waals surface area contributed by atoms with E-state index in [1.54, 1.807) is 7.11 Å². The number of pyridine rings is 1. The van der Waals surface area contributed by atoms with Gasteiger partial charge in [0.1, 0.15) is 0 Å². The first kappa shape index (κ1) is 22.3. The minimum atomic E-state index is -0.0538. The summed E-state index contributed by atoms with van der Waals surface area (Å²) >= 11 is 5.61. The average Bonchev–Trinajstić information content (AvgIpc) is 2.62. The van der Waals surface area contributed by atoms with Gasteiger partial charge in [0.2, 0.25) is 0 Å². The van der Waals surface area contributed by atoms with Crippen LogP contribution >= 0.6 is 12.2 Å². The highest BCUT2D eigenvalue weighted by Crippen LogP contribution is 2.19. The van der Waals surface area contributed by atoms with Crippen molar-refractivity contribution in [1.82, 2.24) is 15.2 Å². The normalized spacial score (nSPS) is 11.2. The second-order valence-corrected chi connectivity index (χ2v) is 8.01. The predicted molar refractivity (Wildman–Crippen MR) is 119 cm³/mol. The fourth-order valence-electron chi connectivity index (χ4n) is 3.17. The van der Waals surface area contributed by atoms with Gasteiger partial charge in [-0.1, -0.05) is 6.07 Å². The Morgan fingerprint density at radius 3 is 2.71 bits per heavy atom. The molecule has 0 bridgehead atoms. The van der Waals surface area contributed by atoms with Crippen LogP contribution in [0.3, 0.4) is 0 Å². The number of benzene rings is 1. The van der Waals surface area contributed by atoms with Gasteiger partial charge in [-0.2, -0.15) is 0 Å². The van der Waals surface area contributed by atoms with Crippen molar-refractivity contribution in [3.8, 4) is 0 Å². The van der Waals surface area contributed by atoms with E-state index in [9.17, 15) is 4.79 Å². The fraction of sp³-hybridized carbons (Fsp3) is 0.524. The molecule has 0 radical (unpaired) electrons. The molecule has 0 fully saturated rings. The minimum absolute atomic E-state index is 0.0538. The molecule has 7 heteroatoms. The van der Waals surface area contributed by atoms with Crippen molar-refractivity contribution in [2.75, 3.05) is 47.4 Å². The smallest absolute Gasteiger partial charge is 0.253 e. The number of aromatic nitrogens is 1. The largest absolute Gasteiger partial charge is 0.385 e. The van der Waals surface area contributed by atoms with E-state index in [2.05, 4.69) is 42.3 Å². The Morgan fingerprint density at radius 1 is 1.29 bits per heavy atom. The Morgan fingerprint density at radius 2 is 2.04 bits per heavy atom. The van der Waals surface area contributed by atoms with Crippen LogP contribution in [0.4, 0.5) is 0 Å². The van der Waals surface area contributed by atoms with Crippen molar-refractivity contribution >= 4 is 28.2 Å². The minimum Gasteiger partial charge on any atom is -0.385 e. The predicted octanol–water partition coefficient (Wildman–Crippen LogP) is 1.00. The number of H-pyrrole nitrogens is 1. The van der Waals surface area contributed by atoms with Gasteiger partial charge in [0.15, 0.2) is 5.11 Å². The van der Waals surface area contributed by atoms with Gasteiger partial charge >= 0.3 is 0 Å². The maximum atomic E-state index is 12.7. The number of rotatable bonds is 9. The number of aryl methyl sites for hydroxylation is 2. The zero-order valence-electron chi connectivity index (χ0n) is 17.6. The highest BCUT2D eigenvalue weighted by Gasteiger charge is 2.15. The van der Waals surface area contributed by atoms with Crippen molar-refractivity contribution in [2.24, 2.45) is 0 Å². The maximum Gasteiger partial charge on any atom is 0.253 e. The van der Waals surface area contributed by atoms with Gasteiger partial charge in [0.25, 0.3) is 5.56 Å². The quantitative estimate of drug-likeness (QED) is 0.429. The SMILES string of the molecule is COCCCNC(=S)N(CC[NH+](C)C)Cc1cc2c(C)cc(C)cc2[nH]c1=O. The Kier molecular flexibility index (Phi) is 8.41. The monoisotopic (exact) mass is 405 g/mol. The molecule has 3 N–H and O–H groups in total. The topological polar surface area (TPSA) is 61.8 Å². The van der Waals surface area contributed by atoms with Crippen LogP contribution < -0.4 is 15.8 Å². The molecule has 1 aromatic heterocycles. The average molecular weight is 406 g/mol.